The molecule has 0 aliphatic rings. The number of para-hydroxylation sites is 1. The minimum absolute atomic E-state index is 0.0156. The number of primary amides is 1. The molecule has 2 aromatic rings. The lowest BCUT2D eigenvalue weighted by Crippen LogP contribution is -2.37. The first-order chi connectivity index (χ1) is 11.9. The average Bonchev–Trinajstić information content (AvgIpc) is 2.92. The molecule has 0 saturated carbocycles. The van der Waals surface area contributed by atoms with Gasteiger partial charge in [0.2, 0.25) is 5.91 Å². The van der Waals surface area contributed by atoms with Gasteiger partial charge in [0, 0.05) is 18.7 Å². The molecule has 0 unspecified atom stereocenters. The second kappa shape index (κ2) is 8.39. The Kier molecular flexibility index (Phi) is 6.24. The van der Waals surface area contributed by atoms with Gasteiger partial charge in [0.1, 0.15) is 4.88 Å². The number of aromatic nitrogens is 1. The number of carbonyl (C=O) groups is 3. The third-order valence-electron chi connectivity index (χ3n) is 3.37. The number of hydrogen-bond donors (Lipinski definition) is 1. The predicted molar refractivity (Wildman–Crippen MR) is 94.5 cm³/mol. The summed E-state index contributed by atoms with van der Waals surface area (Å²) in [5, 5.41) is 0.753. The molecule has 0 fully saturated rings. The maximum Gasteiger partial charge on any atom is 0.350 e. The lowest BCUT2D eigenvalue weighted by molar-refractivity contribution is -0.121. The normalized spacial score (nSPS) is 10.3. The van der Waals surface area contributed by atoms with Gasteiger partial charge in [-0.1, -0.05) is 18.2 Å². The molecule has 1 heterocycles. The van der Waals surface area contributed by atoms with Crippen molar-refractivity contribution in [2.75, 3.05) is 18.1 Å². The molecule has 25 heavy (non-hydrogen) atoms. The molecular weight excluding hydrogens is 342 g/mol. The first kappa shape index (κ1) is 18.6. The molecule has 2 amide bonds. The number of benzene rings is 1. The van der Waals surface area contributed by atoms with Crippen molar-refractivity contribution in [3.8, 4) is 0 Å². The van der Waals surface area contributed by atoms with E-state index in [4.69, 9.17) is 10.5 Å². The lowest BCUT2D eigenvalue weighted by Gasteiger charge is -2.22. The largest absolute Gasteiger partial charge is 0.451 e. The molecule has 8 heteroatoms. The van der Waals surface area contributed by atoms with Crippen LogP contribution in [-0.2, 0) is 14.3 Å². The van der Waals surface area contributed by atoms with Crippen molar-refractivity contribution in [2.45, 2.75) is 20.3 Å². The summed E-state index contributed by atoms with van der Waals surface area (Å²) in [5.74, 6) is -1.53. The summed E-state index contributed by atoms with van der Waals surface area (Å²) in [6.07, 6.45) is 0.0156. The molecule has 7 nitrogen and oxygen atoms in total. The number of nitrogens with two attached hydrogens (primary N) is 1. The number of amides is 2. The zero-order valence-corrected chi connectivity index (χ0v) is 14.8. The van der Waals surface area contributed by atoms with E-state index in [1.807, 2.05) is 6.07 Å². The minimum atomic E-state index is -0.584. The number of thiazole rings is 1. The molecule has 1 aromatic heterocycles. The number of ether oxygens (including phenoxy) is 1. The summed E-state index contributed by atoms with van der Waals surface area (Å²) in [7, 11) is 0. The Morgan fingerprint density at radius 1 is 1.20 bits per heavy atom. The fourth-order valence-corrected chi connectivity index (χ4v) is 3.03. The van der Waals surface area contributed by atoms with Gasteiger partial charge in [-0.05, 0) is 26.0 Å². The van der Waals surface area contributed by atoms with E-state index in [1.54, 1.807) is 38.1 Å². The molecule has 1 aromatic carbocycles. The standard InChI is InChI=1S/C17H19N3O4S/c1-11-16(25-12(2)19-11)17(23)24-10-15(22)20(9-8-14(18)21)13-6-4-3-5-7-13/h3-7H,8-10H2,1-2H3,(H2,18,21). The Labute approximate surface area is 149 Å². The molecule has 0 spiro atoms. The summed E-state index contributed by atoms with van der Waals surface area (Å²) in [6.45, 7) is 3.20. The van der Waals surface area contributed by atoms with Crippen molar-refractivity contribution < 1.29 is 19.1 Å². The Bertz CT molecular complexity index is 773. The summed E-state index contributed by atoms with van der Waals surface area (Å²) < 4.78 is 5.12. The van der Waals surface area contributed by atoms with Gasteiger partial charge in [-0.3, -0.25) is 9.59 Å². The van der Waals surface area contributed by atoms with Crippen LogP contribution < -0.4 is 10.6 Å². The number of nitrogens with zero attached hydrogens (tertiary/aromatic N) is 2. The number of anilines is 1. The Hall–Kier alpha value is -2.74. The second-order valence-electron chi connectivity index (χ2n) is 5.32. The van der Waals surface area contributed by atoms with E-state index in [-0.39, 0.29) is 13.0 Å². The molecule has 2 rings (SSSR count). The number of aryl methyl sites for hydroxylation is 2. The summed E-state index contributed by atoms with van der Waals surface area (Å²) in [5.41, 5.74) is 6.35. The van der Waals surface area contributed by atoms with E-state index in [9.17, 15) is 14.4 Å². The van der Waals surface area contributed by atoms with Gasteiger partial charge in [-0.15, -0.1) is 11.3 Å². The zero-order valence-electron chi connectivity index (χ0n) is 14.0. The highest BCUT2D eigenvalue weighted by molar-refractivity contribution is 7.13. The van der Waals surface area contributed by atoms with Gasteiger partial charge >= 0.3 is 5.97 Å². The quantitative estimate of drug-likeness (QED) is 0.758. The highest BCUT2D eigenvalue weighted by atomic mass is 32.1. The Balaban J connectivity index is 2.05. The van der Waals surface area contributed by atoms with E-state index >= 15 is 0 Å². The van der Waals surface area contributed by atoms with E-state index in [1.165, 1.54) is 16.2 Å². The number of esters is 1. The van der Waals surface area contributed by atoms with Gasteiger partial charge in [0.15, 0.2) is 6.61 Å². The Morgan fingerprint density at radius 3 is 2.44 bits per heavy atom. The topological polar surface area (TPSA) is 103 Å². The summed E-state index contributed by atoms with van der Waals surface area (Å²) in [6, 6.07) is 8.83. The second-order valence-corrected chi connectivity index (χ2v) is 6.52. The van der Waals surface area contributed by atoms with Crippen LogP contribution in [0.5, 0.6) is 0 Å². The minimum Gasteiger partial charge on any atom is -0.451 e. The van der Waals surface area contributed by atoms with Gasteiger partial charge in [0.25, 0.3) is 5.91 Å². The van der Waals surface area contributed by atoms with Gasteiger partial charge in [-0.2, -0.15) is 0 Å². The van der Waals surface area contributed by atoms with Crippen LogP contribution in [-0.4, -0.2) is 35.9 Å². The number of hydrogen-bond acceptors (Lipinski definition) is 6. The fourth-order valence-electron chi connectivity index (χ4n) is 2.22. The smallest absolute Gasteiger partial charge is 0.350 e. The summed E-state index contributed by atoms with van der Waals surface area (Å²) >= 11 is 1.22. The van der Waals surface area contributed by atoms with Crippen molar-refractivity contribution in [1.82, 2.24) is 4.98 Å². The van der Waals surface area contributed by atoms with Crippen LogP contribution in [0.3, 0.4) is 0 Å². The molecule has 0 radical (unpaired) electrons. The third-order valence-corrected chi connectivity index (χ3v) is 4.42. The summed E-state index contributed by atoms with van der Waals surface area (Å²) in [4.78, 5) is 41.5. The first-order valence-corrected chi connectivity index (χ1v) is 8.45. The van der Waals surface area contributed by atoms with Crippen LogP contribution in [0.1, 0.15) is 26.8 Å². The van der Waals surface area contributed by atoms with Gasteiger partial charge in [0.05, 0.1) is 10.7 Å². The fraction of sp³-hybridized carbons (Fsp3) is 0.294. The Morgan fingerprint density at radius 2 is 1.88 bits per heavy atom. The van der Waals surface area contributed by atoms with Crippen molar-refractivity contribution >= 4 is 34.8 Å². The molecular formula is C17H19N3O4S. The highest BCUT2D eigenvalue weighted by Crippen LogP contribution is 2.19. The molecule has 0 saturated heterocycles. The van der Waals surface area contributed by atoms with Crippen LogP contribution in [0, 0.1) is 13.8 Å². The molecule has 0 atom stereocenters. The van der Waals surface area contributed by atoms with E-state index in [2.05, 4.69) is 4.98 Å². The monoisotopic (exact) mass is 361 g/mol. The number of rotatable bonds is 7. The van der Waals surface area contributed by atoms with Crippen LogP contribution in [0.4, 0.5) is 5.69 Å². The van der Waals surface area contributed by atoms with E-state index in [0.29, 0.717) is 16.3 Å². The van der Waals surface area contributed by atoms with Crippen molar-refractivity contribution in [2.24, 2.45) is 5.73 Å². The molecule has 2 N–H and O–H groups in total. The third kappa shape index (κ3) is 5.12. The SMILES string of the molecule is Cc1nc(C)c(C(=O)OCC(=O)N(CCC(N)=O)c2ccccc2)s1. The van der Waals surface area contributed by atoms with Crippen molar-refractivity contribution in [1.29, 1.82) is 0 Å². The molecule has 132 valence electrons. The predicted octanol–water partition coefficient (Wildman–Crippen LogP) is 1.83. The van der Waals surface area contributed by atoms with E-state index in [0.717, 1.165) is 5.01 Å². The van der Waals surface area contributed by atoms with Crippen LogP contribution in [0.2, 0.25) is 0 Å². The average molecular weight is 361 g/mol. The van der Waals surface area contributed by atoms with Gasteiger partial charge < -0.3 is 15.4 Å². The maximum absolute atomic E-state index is 12.5. The lowest BCUT2D eigenvalue weighted by atomic mass is 10.2. The number of carbonyl (C=O) groups excluding carboxylic acids is 3. The molecule has 0 aliphatic carbocycles. The highest BCUT2D eigenvalue weighted by Gasteiger charge is 2.21. The van der Waals surface area contributed by atoms with Gasteiger partial charge in [-0.25, -0.2) is 9.78 Å². The van der Waals surface area contributed by atoms with Crippen molar-refractivity contribution in [3.05, 3.63) is 45.9 Å². The maximum atomic E-state index is 12.5. The zero-order chi connectivity index (χ0) is 18.4. The van der Waals surface area contributed by atoms with Crippen LogP contribution in [0.15, 0.2) is 30.3 Å². The van der Waals surface area contributed by atoms with Crippen LogP contribution in [0.25, 0.3) is 0 Å². The van der Waals surface area contributed by atoms with Crippen LogP contribution >= 0.6 is 11.3 Å². The molecule has 0 bridgehead atoms. The molecule has 0 aliphatic heterocycles. The van der Waals surface area contributed by atoms with E-state index < -0.39 is 24.4 Å². The van der Waals surface area contributed by atoms with Crippen molar-refractivity contribution in [3.63, 3.8) is 0 Å². The first-order valence-electron chi connectivity index (χ1n) is 7.63.